The standard InChI is InChI=1S/C14H26N6O/c1-11(9-20-6-4-3-5-7-20)16-12-8-13(19-15)18-14(17-12)10-21-2/h8,11H,3-7,9-10,15H2,1-2H3,(H2,16,17,18,19). The fraction of sp³-hybridized carbons (Fsp3) is 0.714. The number of aromatic nitrogens is 2. The van der Waals surface area contributed by atoms with Crippen LogP contribution in [0.5, 0.6) is 0 Å². The van der Waals surface area contributed by atoms with Gasteiger partial charge in [0.15, 0.2) is 5.82 Å². The summed E-state index contributed by atoms with van der Waals surface area (Å²) in [5.41, 5.74) is 2.56. The van der Waals surface area contributed by atoms with Crippen molar-refractivity contribution in [3.63, 3.8) is 0 Å². The molecule has 7 nitrogen and oxygen atoms in total. The van der Waals surface area contributed by atoms with Gasteiger partial charge in [-0.1, -0.05) is 6.42 Å². The highest BCUT2D eigenvalue weighted by molar-refractivity contribution is 5.47. The van der Waals surface area contributed by atoms with Crippen molar-refractivity contribution in [2.45, 2.75) is 38.8 Å². The van der Waals surface area contributed by atoms with E-state index in [0.717, 1.165) is 12.4 Å². The maximum atomic E-state index is 5.45. The number of piperidine rings is 1. The molecule has 0 aromatic carbocycles. The zero-order valence-electron chi connectivity index (χ0n) is 12.9. The third kappa shape index (κ3) is 5.11. The molecule has 1 atom stereocenters. The van der Waals surface area contributed by atoms with E-state index in [-0.39, 0.29) is 0 Å². The second-order valence-electron chi connectivity index (χ2n) is 5.54. The van der Waals surface area contributed by atoms with Gasteiger partial charge in [0.25, 0.3) is 0 Å². The van der Waals surface area contributed by atoms with Crippen molar-refractivity contribution < 1.29 is 4.74 Å². The smallest absolute Gasteiger partial charge is 0.158 e. The van der Waals surface area contributed by atoms with Crippen LogP contribution < -0.4 is 16.6 Å². The molecule has 0 aliphatic carbocycles. The number of likely N-dealkylation sites (tertiary alicyclic amines) is 1. The van der Waals surface area contributed by atoms with Crippen LogP contribution in [0.4, 0.5) is 11.6 Å². The molecule has 1 saturated heterocycles. The van der Waals surface area contributed by atoms with Gasteiger partial charge in [-0.15, -0.1) is 0 Å². The largest absolute Gasteiger partial charge is 0.377 e. The Hall–Kier alpha value is -1.44. The number of ether oxygens (including phenoxy) is 1. The van der Waals surface area contributed by atoms with Crippen LogP contribution in [0.2, 0.25) is 0 Å². The predicted octanol–water partition coefficient (Wildman–Crippen LogP) is 1.19. The van der Waals surface area contributed by atoms with Crippen LogP contribution >= 0.6 is 0 Å². The Morgan fingerprint density at radius 2 is 2.00 bits per heavy atom. The quantitative estimate of drug-likeness (QED) is 0.514. The monoisotopic (exact) mass is 294 g/mol. The van der Waals surface area contributed by atoms with E-state index in [2.05, 4.69) is 32.5 Å². The normalized spacial score (nSPS) is 17.5. The molecule has 0 bridgehead atoms. The van der Waals surface area contributed by atoms with E-state index in [4.69, 9.17) is 10.6 Å². The third-order valence-electron chi connectivity index (χ3n) is 3.57. The molecule has 0 amide bonds. The number of methoxy groups -OCH3 is 1. The molecule has 0 spiro atoms. The van der Waals surface area contributed by atoms with E-state index in [9.17, 15) is 0 Å². The average Bonchev–Trinajstić information content (AvgIpc) is 2.48. The molecule has 1 fully saturated rings. The van der Waals surface area contributed by atoms with Gasteiger partial charge in [-0.3, -0.25) is 0 Å². The van der Waals surface area contributed by atoms with Crippen LogP contribution in [0.15, 0.2) is 6.07 Å². The van der Waals surface area contributed by atoms with Gasteiger partial charge < -0.3 is 20.4 Å². The van der Waals surface area contributed by atoms with Crippen molar-refractivity contribution in [3.05, 3.63) is 11.9 Å². The number of nitrogens with one attached hydrogen (secondary N) is 2. The maximum Gasteiger partial charge on any atom is 0.158 e. The lowest BCUT2D eigenvalue weighted by Crippen LogP contribution is -2.38. The SMILES string of the molecule is COCc1nc(NN)cc(NC(C)CN2CCCCC2)n1. The Morgan fingerprint density at radius 3 is 2.67 bits per heavy atom. The summed E-state index contributed by atoms with van der Waals surface area (Å²) < 4.78 is 5.08. The van der Waals surface area contributed by atoms with E-state index >= 15 is 0 Å². The van der Waals surface area contributed by atoms with E-state index < -0.39 is 0 Å². The molecule has 1 aromatic rings. The minimum atomic E-state index is 0.319. The van der Waals surface area contributed by atoms with Gasteiger partial charge in [-0.25, -0.2) is 15.8 Å². The summed E-state index contributed by atoms with van der Waals surface area (Å²) >= 11 is 0. The lowest BCUT2D eigenvalue weighted by atomic mass is 10.1. The molecule has 0 saturated carbocycles. The van der Waals surface area contributed by atoms with Crippen molar-refractivity contribution in [1.82, 2.24) is 14.9 Å². The zero-order valence-corrected chi connectivity index (χ0v) is 12.9. The topological polar surface area (TPSA) is 88.3 Å². The zero-order chi connectivity index (χ0) is 15.1. The van der Waals surface area contributed by atoms with Gasteiger partial charge in [-0.2, -0.15) is 0 Å². The summed E-state index contributed by atoms with van der Waals surface area (Å²) in [6.45, 7) is 5.95. The third-order valence-corrected chi connectivity index (χ3v) is 3.57. The Kier molecular flexibility index (Phi) is 6.16. The highest BCUT2D eigenvalue weighted by Gasteiger charge is 2.14. The molecular weight excluding hydrogens is 268 g/mol. The number of nitrogens with two attached hydrogens (primary N) is 1. The van der Waals surface area contributed by atoms with Gasteiger partial charge in [0.05, 0.1) is 0 Å². The summed E-state index contributed by atoms with van der Waals surface area (Å²) in [6.07, 6.45) is 3.97. The first-order chi connectivity index (χ1) is 10.2. The first kappa shape index (κ1) is 15.9. The van der Waals surface area contributed by atoms with E-state index in [1.54, 1.807) is 7.11 Å². The van der Waals surface area contributed by atoms with Crippen LogP contribution in [0, 0.1) is 0 Å². The second-order valence-corrected chi connectivity index (χ2v) is 5.54. The molecule has 1 aromatic heterocycles. The van der Waals surface area contributed by atoms with Crippen molar-refractivity contribution in [2.24, 2.45) is 5.84 Å². The molecule has 118 valence electrons. The summed E-state index contributed by atoms with van der Waals surface area (Å²) in [5.74, 6) is 7.42. The molecule has 21 heavy (non-hydrogen) atoms. The summed E-state index contributed by atoms with van der Waals surface area (Å²) in [6, 6.07) is 2.13. The average molecular weight is 294 g/mol. The van der Waals surface area contributed by atoms with Crippen molar-refractivity contribution in [1.29, 1.82) is 0 Å². The predicted molar refractivity (Wildman–Crippen MR) is 83.9 cm³/mol. The van der Waals surface area contributed by atoms with E-state index in [1.165, 1.54) is 32.4 Å². The molecule has 4 N–H and O–H groups in total. The van der Waals surface area contributed by atoms with E-state index in [0.29, 0.717) is 24.3 Å². The van der Waals surface area contributed by atoms with Crippen LogP contribution in [-0.2, 0) is 11.3 Å². The number of nitrogens with zero attached hydrogens (tertiary/aromatic N) is 3. The van der Waals surface area contributed by atoms with Crippen LogP contribution in [0.25, 0.3) is 0 Å². The van der Waals surface area contributed by atoms with E-state index in [1.807, 2.05) is 6.07 Å². The van der Waals surface area contributed by atoms with Gasteiger partial charge in [0.2, 0.25) is 0 Å². The number of hydrazine groups is 1. The minimum absolute atomic E-state index is 0.319. The number of hydrogen-bond donors (Lipinski definition) is 3. The first-order valence-corrected chi connectivity index (χ1v) is 7.53. The molecule has 7 heteroatoms. The first-order valence-electron chi connectivity index (χ1n) is 7.53. The Balaban J connectivity index is 1.95. The van der Waals surface area contributed by atoms with Crippen LogP contribution in [0.3, 0.4) is 0 Å². The minimum Gasteiger partial charge on any atom is -0.377 e. The Labute approximate surface area is 126 Å². The fourth-order valence-corrected chi connectivity index (χ4v) is 2.67. The lowest BCUT2D eigenvalue weighted by Gasteiger charge is -2.29. The Bertz CT molecular complexity index is 435. The molecule has 1 unspecified atom stereocenters. The van der Waals surface area contributed by atoms with Gasteiger partial charge in [-0.05, 0) is 32.9 Å². The maximum absolute atomic E-state index is 5.45. The molecular formula is C14H26N6O. The Morgan fingerprint density at radius 1 is 1.29 bits per heavy atom. The fourth-order valence-electron chi connectivity index (χ4n) is 2.67. The highest BCUT2D eigenvalue weighted by Crippen LogP contribution is 2.14. The van der Waals surface area contributed by atoms with Crippen molar-refractivity contribution >= 4 is 11.6 Å². The number of nitrogen functional groups attached to an aromatic ring is 1. The van der Waals surface area contributed by atoms with Crippen molar-refractivity contribution in [3.8, 4) is 0 Å². The highest BCUT2D eigenvalue weighted by atomic mass is 16.5. The molecule has 2 heterocycles. The second kappa shape index (κ2) is 8.11. The van der Waals surface area contributed by atoms with Gasteiger partial charge in [0.1, 0.15) is 18.2 Å². The number of rotatable bonds is 7. The summed E-state index contributed by atoms with van der Waals surface area (Å²) in [7, 11) is 1.62. The molecule has 0 radical (unpaired) electrons. The lowest BCUT2D eigenvalue weighted by molar-refractivity contribution is 0.178. The molecule has 1 aliphatic rings. The number of hydrogen-bond acceptors (Lipinski definition) is 7. The van der Waals surface area contributed by atoms with Crippen LogP contribution in [0.1, 0.15) is 32.0 Å². The summed E-state index contributed by atoms with van der Waals surface area (Å²) in [5, 5.41) is 3.42. The molecule has 1 aliphatic heterocycles. The van der Waals surface area contributed by atoms with Gasteiger partial charge in [0, 0.05) is 25.8 Å². The van der Waals surface area contributed by atoms with Crippen molar-refractivity contribution in [2.75, 3.05) is 37.5 Å². The molecule has 2 rings (SSSR count). The summed E-state index contributed by atoms with van der Waals surface area (Å²) in [4.78, 5) is 11.2. The number of anilines is 2. The van der Waals surface area contributed by atoms with Gasteiger partial charge >= 0.3 is 0 Å². The van der Waals surface area contributed by atoms with Crippen LogP contribution in [-0.4, -0.2) is 47.7 Å².